The van der Waals surface area contributed by atoms with E-state index in [1.54, 1.807) is 0 Å². The molecule has 0 radical (unpaired) electrons. The van der Waals surface area contributed by atoms with E-state index in [1.165, 1.54) is 4.90 Å². The number of likely N-dealkylation sites (tertiary alicyclic amines) is 1. The minimum absolute atomic E-state index is 0.188. The molecular weight excluding hydrogens is 721 g/mol. The van der Waals surface area contributed by atoms with Crippen LogP contribution in [0.2, 0.25) is 0 Å². The summed E-state index contributed by atoms with van der Waals surface area (Å²) in [4.78, 5) is 25.7. The van der Waals surface area contributed by atoms with E-state index in [0.717, 1.165) is 42.5 Å². The number of sulfone groups is 1. The number of nitrogens with zero attached hydrogens (tertiary/aromatic N) is 1. The van der Waals surface area contributed by atoms with Crippen molar-refractivity contribution < 1.29 is 67.4 Å². The highest BCUT2D eigenvalue weighted by atomic mass is 32.2. The molecule has 1 aliphatic carbocycles. The standard InChI is InChI=1S/C34H30F9NO6S/c35-24-12-14-25(15-13-24)51(48,49)31(16-17-44(19-31)29(45)20-4-6-21(7-5-20)30(46)47)22-8-10-23(11-9-22)32(33(38,39)40,34(41,42)43)50-18-26-27(36)2-1-3-28(26)37/h1-3,8-15,20-21H,4-7,16-19H2,(H,46,47). The van der Waals surface area contributed by atoms with E-state index in [9.17, 15) is 62.6 Å². The summed E-state index contributed by atoms with van der Waals surface area (Å²) in [7, 11) is -4.65. The van der Waals surface area contributed by atoms with Crippen molar-refractivity contribution in [1.82, 2.24) is 4.90 Å². The molecule has 5 rings (SSSR count). The molecule has 1 N–H and O–H groups in total. The van der Waals surface area contributed by atoms with Gasteiger partial charge in [-0.05, 0) is 74.1 Å². The summed E-state index contributed by atoms with van der Waals surface area (Å²) in [5, 5.41) is 9.30. The van der Waals surface area contributed by atoms with Crippen molar-refractivity contribution in [3.05, 3.63) is 101 Å². The molecule has 1 amide bonds. The highest BCUT2D eigenvalue weighted by Crippen LogP contribution is 2.54. The van der Waals surface area contributed by atoms with E-state index in [1.807, 2.05) is 0 Å². The monoisotopic (exact) mass is 751 g/mol. The van der Waals surface area contributed by atoms with Gasteiger partial charge in [-0.25, -0.2) is 21.6 Å². The van der Waals surface area contributed by atoms with E-state index in [4.69, 9.17) is 0 Å². The fourth-order valence-electron chi connectivity index (χ4n) is 6.86. The highest BCUT2D eigenvalue weighted by molar-refractivity contribution is 7.92. The second kappa shape index (κ2) is 13.8. The van der Waals surface area contributed by atoms with Crippen LogP contribution in [-0.4, -0.2) is 55.7 Å². The number of halogens is 9. The molecular formula is C34H30F9NO6S. The van der Waals surface area contributed by atoms with E-state index in [0.29, 0.717) is 24.3 Å². The lowest BCUT2D eigenvalue weighted by atomic mass is 9.81. The Labute approximate surface area is 285 Å². The Morgan fingerprint density at radius 2 is 1.33 bits per heavy atom. The third-order valence-corrected chi connectivity index (χ3v) is 12.2. The second-order valence-corrected chi connectivity index (χ2v) is 14.9. The number of ether oxygens (including phenoxy) is 1. The molecule has 0 bridgehead atoms. The molecule has 0 aromatic heterocycles. The predicted octanol–water partition coefficient (Wildman–Crippen LogP) is 7.43. The van der Waals surface area contributed by atoms with E-state index in [2.05, 4.69) is 4.74 Å². The summed E-state index contributed by atoms with van der Waals surface area (Å²) >= 11 is 0. The number of benzene rings is 3. The van der Waals surface area contributed by atoms with Gasteiger partial charge in [0.05, 0.1) is 17.4 Å². The number of hydrogen-bond donors (Lipinski definition) is 1. The molecule has 17 heteroatoms. The lowest BCUT2D eigenvalue weighted by Crippen LogP contribution is -2.56. The van der Waals surface area contributed by atoms with Gasteiger partial charge in [0.2, 0.25) is 5.91 Å². The van der Waals surface area contributed by atoms with Crippen LogP contribution in [0.4, 0.5) is 39.5 Å². The van der Waals surface area contributed by atoms with Crippen LogP contribution in [0, 0.1) is 29.3 Å². The average molecular weight is 752 g/mol. The van der Waals surface area contributed by atoms with Gasteiger partial charge >= 0.3 is 18.3 Å². The Balaban J connectivity index is 1.56. The Morgan fingerprint density at radius 1 is 0.804 bits per heavy atom. The number of rotatable bonds is 9. The molecule has 1 saturated carbocycles. The topological polar surface area (TPSA) is 101 Å². The summed E-state index contributed by atoms with van der Waals surface area (Å²) in [6.45, 7) is -2.55. The van der Waals surface area contributed by atoms with Crippen molar-refractivity contribution in [1.29, 1.82) is 0 Å². The Kier molecular flexibility index (Phi) is 10.3. The smallest absolute Gasteiger partial charge is 0.430 e. The van der Waals surface area contributed by atoms with Gasteiger partial charge in [0.1, 0.15) is 22.2 Å². The molecule has 0 spiro atoms. The van der Waals surface area contributed by atoms with Crippen LogP contribution < -0.4 is 0 Å². The zero-order valence-corrected chi connectivity index (χ0v) is 27.2. The Morgan fingerprint density at radius 3 is 1.84 bits per heavy atom. The molecule has 3 aromatic carbocycles. The van der Waals surface area contributed by atoms with Crippen LogP contribution in [0.25, 0.3) is 0 Å². The number of carboxylic acid groups (broad SMARTS) is 1. The number of alkyl halides is 6. The lowest BCUT2D eigenvalue weighted by molar-refractivity contribution is -0.392. The minimum atomic E-state index is -6.25. The van der Waals surface area contributed by atoms with Crippen molar-refractivity contribution in [3.63, 3.8) is 0 Å². The molecule has 1 aliphatic heterocycles. The molecule has 2 aliphatic rings. The quantitative estimate of drug-likeness (QED) is 0.180. The zero-order valence-electron chi connectivity index (χ0n) is 26.4. The minimum Gasteiger partial charge on any atom is -0.481 e. The summed E-state index contributed by atoms with van der Waals surface area (Å²) in [6, 6.07) is 7.82. The maximum absolute atomic E-state index is 14.5. The van der Waals surface area contributed by atoms with Crippen LogP contribution in [0.3, 0.4) is 0 Å². The van der Waals surface area contributed by atoms with Crippen molar-refractivity contribution in [2.75, 3.05) is 13.1 Å². The number of carbonyl (C=O) groups excluding carboxylic acids is 1. The predicted molar refractivity (Wildman–Crippen MR) is 161 cm³/mol. The van der Waals surface area contributed by atoms with Gasteiger partial charge in [-0.3, -0.25) is 9.59 Å². The first-order valence-electron chi connectivity index (χ1n) is 15.6. The van der Waals surface area contributed by atoms with Crippen LogP contribution in [0.1, 0.15) is 48.8 Å². The third-order valence-electron chi connectivity index (χ3n) is 9.72. The van der Waals surface area contributed by atoms with Gasteiger partial charge in [-0.1, -0.05) is 30.3 Å². The number of amides is 1. The lowest BCUT2D eigenvalue weighted by Gasteiger charge is -2.38. The molecule has 1 heterocycles. The summed E-state index contributed by atoms with van der Waals surface area (Å²) < 4.78 is 160. The first kappa shape index (κ1) is 38.1. The Hall–Kier alpha value is -4.12. The molecule has 1 saturated heterocycles. The molecule has 51 heavy (non-hydrogen) atoms. The highest BCUT2D eigenvalue weighted by Gasteiger charge is 2.73. The first-order valence-corrected chi connectivity index (χ1v) is 17.1. The van der Waals surface area contributed by atoms with Crippen molar-refractivity contribution >= 4 is 21.7 Å². The molecule has 1 unspecified atom stereocenters. The van der Waals surface area contributed by atoms with Gasteiger partial charge < -0.3 is 14.7 Å². The number of carbonyl (C=O) groups is 2. The van der Waals surface area contributed by atoms with Crippen molar-refractivity contribution in [3.8, 4) is 0 Å². The van der Waals surface area contributed by atoms with Crippen LogP contribution in [0.15, 0.2) is 71.6 Å². The average Bonchev–Trinajstić information content (AvgIpc) is 3.53. The number of carboxylic acids is 1. The number of aliphatic carboxylic acids is 1. The molecule has 276 valence electrons. The van der Waals surface area contributed by atoms with Crippen LogP contribution in [-0.2, 0) is 41.1 Å². The van der Waals surface area contributed by atoms with E-state index in [-0.39, 0.29) is 44.2 Å². The van der Waals surface area contributed by atoms with Crippen molar-refractivity contribution in [2.24, 2.45) is 11.8 Å². The maximum Gasteiger partial charge on any atom is 0.430 e. The fourth-order valence-corrected chi connectivity index (χ4v) is 8.94. The first-order chi connectivity index (χ1) is 23.7. The third kappa shape index (κ3) is 6.81. The molecule has 7 nitrogen and oxygen atoms in total. The van der Waals surface area contributed by atoms with Crippen LogP contribution in [0.5, 0.6) is 0 Å². The van der Waals surface area contributed by atoms with Gasteiger partial charge in [0.15, 0.2) is 9.84 Å². The molecule has 3 aromatic rings. The SMILES string of the molecule is O=C(O)C1CCC(C(=O)N2CCC(c3ccc(C(OCc4c(F)cccc4F)(C(F)(F)F)C(F)(F)F)cc3)(S(=O)(=O)c3ccc(F)cc3)C2)CC1. The zero-order chi connectivity index (χ0) is 37.6. The van der Waals surface area contributed by atoms with Gasteiger partial charge in [-0.15, -0.1) is 0 Å². The molecule has 2 fully saturated rings. The summed E-state index contributed by atoms with van der Waals surface area (Å²) in [5.41, 5.74) is -8.18. The normalized spacial score (nSPS) is 21.9. The summed E-state index contributed by atoms with van der Waals surface area (Å²) in [5.74, 6) is -6.51. The van der Waals surface area contributed by atoms with E-state index >= 15 is 0 Å². The fraction of sp³-hybridized carbons (Fsp3) is 0.412. The van der Waals surface area contributed by atoms with Crippen LogP contribution >= 0.6 is 0 Å². The van der Waals surface area contributed by atoms with Gasteiger partial charge in [0.25, 0.3) is 5.60 Å². The summed E-state index contributed by atoms with van der Waals surface area (Å²) in [6.07, 6.45) is -12.0. The maximum atomic E-state index is 14.5. The number of hydrogen-bond acceptors (Lipinski definition) is 5. The van der Waals surface area contributed by atoms with Gasteiger partial charge in [0, 0.05) is 30.1 Å². The Bertz CT molecular complexity index is 1840. The second-order valence-electron chi connectivity index (χ2n) is 12.6. The van der Waals surface area contributed by atoms with Gasteiger partial charge in [-0.2, -0.15) is 26.3 Å². The van der Waals surface area contributed by atoms with E-state index < -0.39 is 103 Å². The van der Waals surface area contributed by atoms with Crippen molar-refractivity contribution in [2.45, 2.75) is 66.3 Å². The largest absolute Gasteiger partial charge is 0.481 e. The molecule has 1 atom stereocenters.